The molecule has 1 amide bonds. The molecule has 4 rings (SSSR count). The minimum absolute atomic E-state index is 0.124. The fourth-order valence-electron chi connectivity index (χ4n) is 3.64. The van der Waals surface area contributed by atoms with E-state index < -0.39 is 17.3 Å². The molecule has 4 aromatic rings. The van der Waals surface area contributed by atoms with E-state index in [1.807, 2.05) is 19.9 Å². The Morgan fingerprint density at radius 3 is 2.59 bits per heavy atom. The van der Waals surface area contributed by atoms with E-state index in [2.05, 4.69) is 15.4 Å². The molecule has 2 aromatic heterocycles. The quantitative estimate of drug-likeness (QED) is 0.520. The van der Waals surface area contributed by atoms with Crippen LogP contribution in [0.15, 0.2) is 47.3 Å². The van der Waals surface area contributed by atoms with Gasteiger partial charge in [-0.25, -0.2) is 14.1 Å². The zero-order valence-electron chi connectivity index (χ0n) is 18.1. The smallest absolute Gasteiger partial charge is 0.261 e. The molecule has 0 unspecified atom stereocenters. The summed E-state index contributed by atoms with van der Waals surface area (Å²) >= 11 is 0. The second-order valence-electron chi connectivity index (χ2n) is 7.49. The lowest BCUT2D eigenvalue weighted by molar-refractivity contribution is -0.116. The molecule has 2 heterocycles. The molecule has 2 aromatic carbocycles. The highest BCUT2D eigenvalue weighted by Gasteiger charge is 2.15. The summed E-state index contributed by atoms with van der Waals surface area (Å²) in [5, 5.41) is 7.36. The van der Waals surface area contributed by atoms with Crippen LogP contribution in [0.4, 0.5) is 10.1 Å². The number of hydrogen-bond acceptors (Lipinski definition) is 5. The van der Waals surface area contributed by atoms with Gasteiger partial charge >= 0.3 is 0 Å². The maximum Gasteiger partial charge on any atom is 0.261 e. The summed E-state index contributed by atoms with van der Waals surface area (Å²) < 4.78 is 22.1. The van der Waals surface area contributed by atoms with Gasteiger partial charge in [0.1, 0.15) is 29.6 Å². The van der Waals surface area contributed by atoms with Crippen LogP contribution in [-0.2, 0) is 11.3 Å². The van der Waals surface area contributed by atoms with Crippen LogP contribution in [0.1, 0.15) is 17.2 Å². The fraction of sp³-hybridized carbons (Fsp3) is 0.217. The largest absolute Gasteiger partial charge is 0.494 e. The number of aromatic nitrogens is 4. The van der Waals surface area contributed by atoms with Crippen LogP contribution in [0.5, 0.6) is 5.75 Å². The van der Waals surface area contributed by atoms with Crippen molar-refractivity contribution in [1.82, 2.24) is 19.3 Å². The molecule has 0 radical (unpaired) electrons. The van der Waals surface area contributed by atoms with Crippen LogP contribution in [0.2, 0.25) is 0 Å². The Labute approximate surface area is 183 Å². The fourth-order valence-corrected chi connectivity index (χ4v) is 3.64. The zero-order valence-corrected chi connectivity index (χ0v) is 18.1. The molecule has 0 saturated heterocycles. The Hall–Kier alpha value is -4.01. The normalized spacial score (nSPS) is 11.0. The van der Waals surface area contributed by atoms with Crippen LogP contribution in [-0.4, -0.2) is 32.3 Å². The van der Waals surface area contributed by atoms with Gasteiger partial charge in [0.25, 0.3) is 5.56 Å². The average Bonchev–Trinajstić information content (AvgIpc) is 3.09. The van der Waals surface area contributed by atoms with Crippen LogP contribution in [0, 0.1) is 26.6 Å². The van der Waals surface area contributed by atoms with E-state index in [-0.39, 0.29) is 11.9 Å². The number of nitrogens with zero attached hydrogens (tertiary/aromatic N) is 4. The third-order valence-electron chi connectivity index (χ3n) is 5.11. The minimum Gasteiger partial charge on any atom is -0.494 e. The maximum absolute atomic E-state index is 13.6. The lowest BCUT2D eigenvalue weighted by atomic mass is 10.2. The Kier molecular flexibility index (Phi) is 5.48. The Morgan fingerprint density at radius 1 is 1.12 bits per heavy atom. The highest BCUT2D eigenvalue weighted by Crippen LogP contribution is 2.27. The molecule has 0 aliphatic heterocycles. The number of ether oxygens (including phenoxy) is 1. The summed E-state index contributed by atoms with van der Waals surface area (Å²) in [6.45, 7) is 5.22. The Bertz CT molecular complexity index is 1410. The third-order valence-corrected chi connectivity index (χ3v) is 5.11. The highest BCUT2D eigenvalue weighted by atomic mass is 19.1. The number of fused-ring (bicyclic) bond motifs is 1. The molecule has 0 saturated carbocycles. The lowest BCUT2D eigenvalue weighted by Crippen LogP contribution is -2.30. The molecule has 0 aliphatic carbocycles. The zero-order chi connectivity index (χ0) is 23.0. The standard InChI is InChI=1S/C23H22FN5O3/c1-13-9-14(2)29(27-13)20-8-6-17(11-21(20)32-4)26-22(30)12-28-15(3)25-19-7-5-16(24)10-18(19)23(28)31/h5-11H,12H2,1-4H3,(H,26,30). The molecule has 1 N–H and O–H groups in total. The predicted molar refractivity (Wildman–Crippen MR) is 119 cm³/mol. The lowest BCUT2D eigenvalue weighted by Gasteiger charge is -2.14. The summed E-state index contributed by atoms with van der Waals surface area (Å²) in [4.78, 5) is 29.7. The van der Waals surface area contributed by atoms with E-state index in [0.29, 0.717) is 22.8 Å². The van der Waals surface area contributed by atoms with E-state index in [4.69, 9.17) is 4.74 Å². The number of methoxy groups -OCH3 is 1. The van der Waals surface area contributed by atoms with Crippen molar-refractivity contribution in [2.75, 3.05) is 12.4 Å². The molecule has 0 aliphatic rings. The molecule has 0 atom stereocenters. The number of nitrogens with one attached hydrogen (secondary N) is 1. The monoisotopic (exact) mass is 435 g/mol. The van der Waals surface area contributed by atoms with Gasteiger partial charge < -0.3 is 10.1 Å². The average molecular weight is 435 g/mol. The summed E-state index contributed by atoms with van der Waals surface area (Å²) in [5.74, 6) is -0.0633. The molecule has 9 heteroatoms. The van der Waals surface area contributed by atoms with Crippen molar-refractivity contribution in [3.05, 3.63) is 75.8 Å². The predicted octanol–water partition coefficient (Wildman–Crippen LogP) is 3.29. The maximum atomic E-state index is 13.6. The Balaban J connectivity index is 1.60. The first-order valence-corrected chi connectivity index (χ1v) is 9.95. The van der Waals surface area contributed by atoms with E-state index in [0.717, 1.165) is 23.1 Å². The molecule has 0 bridgehead atoms. The number of benzene rings is 2. The van der Waals surface area contributed by atoms with E-state index in [1.165, 1.54) is 16.7 Å². The summed E-state index contributed by atoms with van der Waals surface area (Å²) in [6, 6.07) is 11.0. The van der Waals surface area contributed by atoms with Crippen molar-refractivity contribution in [2.24, 2.45) is 0 Å². The van der Waals surface area contributed by atoms with Gasteiger partial charge in [0.05, 0.1) is 23.7 Å². The number of carbonyl (C=O) groups is 1. The van der Waals surface area contributed by atoms with Crippen molar-refractivity contribution < 1.29 is 13.9 Å². The number of rotatable bonds is 5. The summed E-state index contributed by atoms with van der Waals surface area (Å²) in [6.07, 6.45) is 0. The van der Waals surface area contributed by atoms with Crippen LogP contribution in [0.25, 0.3) is 16.6 Å². The number of halogens is 1. The summed E-state index contributed by atoms with van der Waals surface area (Å²) in [5.41, 5.74) is 2.99. The van der Waals surface area contributed by atoms with Gasteiger partial charge in [0, 0.05) is 17.4 Å². The van der Waals surface area contributed by atoms with Crippen molar-refractivity contribution in [3.63, 3.8) is 0 Å². The first-order chi connectivity index (χ1) is 15.3. The molecule has 0 fully saturated rings. The number of aryl methyl sites for hydroxylation is 3. The van der Waals surface area contributed by atoms with Gasteiger partial charge in [-0.15, -0.1) is 0 Å². The van der Waals surface area contributed by atoms with E-state index in [9.17, 15) is 14.0 Å². The molecular formula is C23H22FN5O3. The van der Waals surface area contributed by atoms with Gasteiger partial charge in [-0.2, -0.15) is 5.10 Å². The van der Waals surface area contributed by atoms with Crippen molar-refractivity contribution in [1.29, 1.82) is 0 Å². The van der Waals surface area contributed by atoms with Crippen LogP contribution < -0.4 is 15.6 Å². The second-order valence-corrected chi connectivity index (χ2v) is 7.49. The SMILES string of the molecule is COc1cc(NC(=O)Cn2c(C)nc3ccc(F)cc3c2=O)ccc1-n1nc(C)cc1C. The highest BCUT2D eigenvalue weighted by molar-refractivity contribution is 5.91. The first kappa shape index (κ1) is 21.2. The van der Waals surface area contributed by atoms with Crippen LogP contribution >= 0.6 is 0 Å². The molecular weight excluding hydrogens is 413 g/mol. The van der Waals surface area contributed by atoms with Gasteiger partial charge in [-0.1, -0.05) is 0 Å². The Morgan fingerprint density at radius 2 is 1.91 bits per heavy atom. The van der Waals surface area contributed by atoms with Gasteiger partial charge in [0.15, 0.2) is 0 Å². The second kappa shape index (κ2) is 8.26. The number of hydrogen-bond donors (Lipinski definition) is 1. The molecule has 0 spiro atoms. The molecule has 164 valence electrons. The topological polar surface area (TPSA) is 91.0 Å². The number of anilines is 1. The molecule has 8 nitrogen and oxygen atoms in total. The number of carbonyl (C=O) groups excluding carboxylic acids is 1. The number of amides is 1. The van der Waals surface area contributed by atoms with Crippen molar-refractivity contribution >= 4 is 22.5 Å². The van der Waals surface area contributed by atoms with Gasteiger partial charge in [-0.05, 0) is 57.2 Å². The van der Waals surface area contributed by atoms with Crippen molar-refractivity contribution in [2.45, 2.75) is 27.3 Å². The molecule has 32 heavy (non-hydrogen) atoms. The minimum atomic E-state index is -0.536. The first-order valence-electron chi connectivity index (χ1n) is 9.95. The van der Waals surface area contributed by atoms with Gasteiger partial charge in [-0.3, -0.25) is 14.2 Å². The van der Waals surface area contributed by atoms with E-state index in [1.54, 1.807) is 36.9 Å². The van der Waals surface area contributed by atoms with Gasteiger partial charge in [0.2, 0.25) is 5.91 Å². The van der Waals surface area contributed by atoms with E-state index >= 15 is 0 Å². The van der Waals surface area contributed by atoms with Crippen molar-refractivity contribution in [3.8, 4) is 11.4 Å². The third kappa shape index (κ3) is 3.96. The summed E-state index contributed by atoms with van der Waals surface area (Å²) in [7, 11) is 1.54. The van der Waals surface area contributed by atoms with Crippen LogP contribution in [0.3, 0.4) is 0 Å².